The lowest BCUT2D eigenvalue weighted by Crippen LogP contribution is -2.42. The van der Waals surface area contributed by atoms with Crippen LogP contribution in [-0.4, -0.2) is 75.4 Å². The minimum absolute atomic E-state index is 0.0283. The third-order valence-corrected chi connectivity index (χ3v) is 4.49. The van der Waals surface area contributed by atoms with Crippen LogP contribution in [0.3, 0.4) is 0 Å². The second kappa shape index (κ2) is 10.9. The van der Waals surface area contributed by atoms with Gasteiger partial charge in [0.15, 0.2) is 0 Å². The Bertz CT molecular complexity index is 605. The first-order valence-corrected chi connectivity index (χ1v) is 8.93. The van der Waals surface area contributed by atoms with Crippen LogP contribution >= 0.6 is 0 Å². The second-order valence-electron chi connectivity index (χ2n) is 6.25. The number of likely N-dealkylation sites (tertiary alicyclic amines) is 1. The van der Waals surface area contributed by atoms with Crippen LogP contribution in [0.2, 0.25) is 0 Å². The molecule has 1 N–H and O–H groups in total. The number of rotatable bonds is 9. The van der Waals surface area contributed by atoms with E-state index in [9.17, 15) is 14.7 Å². The minimum atomic E-state index is -0.960. The van der Waals surface area contributed by atoms with Crippen molar-refractivity contribution in [1.29, 1.82) is 0 Å². The van der Waals surface area contributed by atoms with Crippen molar-refractivity contribution in [1.82, 2.24) is 4.90 Å². The molecule has 1 unspecified atom stereocenters. The SMILES string of the molecule is COCCOC(=O)c1ccc([C@@H]2CC(OCCOC)CCN2C(=O)O)cc1. The van der Waals surface area contributed by atoms with Crippen LogP contribution in [0, 0.1) is 0 Å². The summed E-state index contributed by atoms with van der Waals surface area (Å²) in [5, 5.41) is 9.51. The molecule has 1 aromatic rings. The molecule has 0 radical (unpaired) electrons. The predicted octanol–water partition coefficient (Wildman–Crippen LogP) is 2.34. The number of carbonyl (C=O) groups is 2. The fraction of sp³-hybridized carbons (Fsp3) is 0.579. The van der Waals surface area contributed by atoms with Gasteiger partial charge in [-0.15, -0.1) is 0 Å². The third-order valence-electron chi connectivity index (χ3n) is 4.49. The molecule has 0 aliphatic carbocycles. The van der Waals surface area contributed by atoms with Gasteiger partial charge in [0.2, 0.25) is 0 Å². The Morgan fingerprint density at radius 3 is 2.37 bits per heavy atom. The Balaban J connectivity index is 2.04. The molecule has 8 nitrogen and oxygen atoms in total. The molecule has 1 saturated heterocycles. The molecule has 8 heteroatoms. The molecule has 1 aliphatic rings. The lowest BCUT2D eigenvalue weighted by Gasteiger charge is -2.38. The van der Waals surface area contributed by atoms with E-state index in [0.717, 1.165) is 5.56 Å². The number of amides is 1. The molecule has 0 bridgehead atoms. The average Bonchev–Trinajstić information content (AvgIpc) is 2.68. The highest BCUT2D eigenvalue weighted by Gasteiger charge is 2.33. The van der Waals surface area contributed by atoms with E-state index in [1.807, 2.05) is 0 Å². The van der Waals surface area contributed by atoms with E-state index in [-0.39, 0.29) is 18.8 Å². The van der Waals surface area contributed by atoms with Crippen LogP contribution < -0.4 is 0 Å². The van der Waals surface area contributed by atoms with E-state index in [1.165, 1.54) is 12.0 Å². The van der Waals surface area contributed by atoms with Gasteiger partial charge < -0.3 is 29.0 Å². The number of esters is 1. The van der Waals surface area contributed by atoms with Gasteiger partial charge in [-0.25, -0.2) is 9.59 Å². The summed E-state index contributed by atoms with van der Waals surface area (Å²) in [6, 6.07) is 6.53. The van der Waals surface area contributed by atoms with Crippen molar-refractivity contribution in [3.63, 3.8) is 0 Å². The minimum Gasteiger partial charge on any atom is -0.465 e. The first kappa shape index (κ1) is 21.1. The van der Waals surface area contributed by atoms with E-state index < -0.39 is 12.1 Å². The zero-order valence-electron chi connectivity index (χ0n) is 15.8. The van der Waals surface area contributed by atoms with Crippen molar-refractivity contribution < 1.29 is 33.6 Å². The van der Waals surface area contributed by atoms with Gasteiger partial charge in [-0.05, 0) is 30.5 Å². The van der Waals surface area contributed by atoms with Crippen molar-refractivity contribution in [2.75, 3.05) is 47.2 Å². The van der Waals surface area contributed by atoms with E-state index in [1.54, 1.807) is 31.4 Å². The standard InChI is InChI=1S/C19H27NO7/c1-24-9-11-26-16-7-8-20(19(22)23)17(13-16)14-3-5-15(6-4-14)18(21)27-12-10-25-2/h3-6,16-17H,7-13H2,1-2H3,(H,22,23)/t16?,17-/m0/s1. The van der Waals surface area contributed by atoms with Gasteiger partial charge >= 0.3 is 12.1 Å². The number of hydrogen-bond acceptors (Lipinski definition) is 6. The van der Waals surface area contributed by atoms with Crippen molar-refractivity contribution in [2.24, 2.45) is 0 Å². The van der Waals surface area contributed by atoms with Crippen LogP contribution in [0.25, 0.3) is 0 Å². The molecule has 2 rings (SSSR count). The van der Waals surface area contributed by atoms with E-state index >= 15 is 0 Å². The molecule has 2 atom stereocenters. The highest BCUT2D eigenvalue weighted by atomic mass is 16.6. The van der Waals surface area contributed by atoms with Crippen molar-refractivity contribution in [3.05, 3.63) is 35.4 Å². The maximum absolute atomic E-state index is 12.0. The number of benzene rings is 1. The molecule has 1 aliphatic heterocycles. The molecule has 1 amide bonds. The van der Waals surface area contributed by atoms with Gasteiger partial charge in [-0.1, -0.05) is 12.1 Å². The summed E-state index contributed by atoms with van der Waals surface area (Å²) < 4.78 is 20.7. The van der Waals surface area contributed by atoms with E-state index in [4.69, 9.17) is 18.9 Å². The fourth-order valence-corrected chi connectivity index (χ4v) is 3.07. The van der Waals surface area contributed by atoms with Gasteiger partial charge in [0.25, 0.3) is 0 Å². The molecule has 27 heavy (non-hydrogen) atoms. The van der Waals surface area contributed by atoms with Gasteiger partial charge in [0.05, 0.1) is 37.5 Å². The molecular formula is C19H27NO7. The monoisotopic (exact) mass is 381 g/mol. The molecule has 150 valence electrons. The summed E-state index contributed by atoms with van der Waals surface area (Å²) in [6.07, 6.45) is 0.224. The first-order valence-electron chi connectivity index (χ1n) is 8.93. The number of ether oxygens (including phenoxy) is 4. The van der Waals surface area contributed by atoms with Crippen molar-refractivity contribution in [3.8, 4) is 0 Å². The normalized spacial score (nSPS) is 19.7. The average molecular weight is 381 g/mol. The molecular weight excluding hydrogens is 354 g/mol. The smallest absolute Gasteiger partial charge is 0.407 e. The summed E-state index contributed by atoms with van der Waals surface area (Å²) in [5.41, 5.74) is 1.24. The van der Waals surface area contributed by atoms with Crippen LogP contribution in [0.15, 0.2) is 24.3 Å². The predicted molar refractivity (Wildman–Crippen MR) is 96.9 cm³/mol. The topological polar surface area (TPSA) is 94.5 Å². The first-order chi connectivity index (χ1) is 13.1. The lowest BCUT2D eigenvalue weighted by atomic mass is 9.93. The summed E-state index contributed by atoms with van der Waals surface area (Å²) in [5.74, 6) is -0.432. The van der Waals surface area contributed by atoms with Gasteiger partial charge in [0, 0.05) is 20.8 Å². The Morgan fingerprint density at radius 1 is 1.07 bits per heavy atom. The number of nitrogens with zero attached hydrogens (tertiary/aromatic N) is 1. The van der Waals surface area contributed by atoms with E-state index in [0.29, 0.717) is 44.8 Å². The zero-order valence-corrected chi connectivity index (χ0v) is 15.8. The van der Waals surface area contributed by atoms with Gasteiger partial charge in [-0.2, -0.15) is 0 Å². The van der Waals surface area contributed by atoms with Crippen LogP contribution in [0.4, 0.5) is 4.79 Å². The Morgan fingerprint density at radius 2 is 1.74 bits per heavy atom. The molecule has 1 fully saturated rings. The van der Waals surface area contributed by atoms with Crippen LogP contribution in [0.5, 0.6) is 0 Å². The lowest BCUT2D eigenvalue weighted by molar-refractivity contribution is -0.0284. The fourth-order valence-electron chi connectivity index (χ4n) is 3.07. The highest BCUT2D eigenvalue weighted by Crippen LogP contribution is 2.32. The summed E-state index contributed by atoms with van der Waals surface area (Å²) in [7, 11) is 3.15. The quantitative estimate of drug-likeness (QED) is 0.518. The summed E-state index contributed by atoms with van der Waals surface area (Å²) in [6.45, 7) is 1.91. The number of carboxylic acid groups (broad SMARTS) is 1. The Labute approximate surface area is 159 Å². The Hall–Kier alpha value is -2.16. The second-order valence-corrected chi connectivity index (χ2v) is 6.25. The molecule has 0 spiro atoms. The number of carbonyl (C=O) groups excluding carboxylic acids is 1. The van der Waals surface area contributed by atoms with Gasteiger partial charge in [-0.3, -0.25) is 0 Å². The van der Waals surface area contributed by atoms with Crippen molar-refractivity contribution in [2.45, 2.75) is 25.0 Å². The van der Waals surface area contributed by atoms with Crippen molar-refractivity contribution >= 4 is 12.1 Å². The molecule has 0 aromatic heterocycles. The van der Waals surface area contributed by atoms with Crippen LogP contribution in [0.1, 0.15) is 34.8 Å². The largest absolute Gasteiger partial charge is 0.465 e. The molecule has 1 aromatic carbocycles. The molecule has 1 heterocycles. The highest BCUT2D eigenvalue weighted by molar-refractivity contribution is 5.89. The Kier molecular flexibility index (Phi) is 8.50. The maximum atomic E-state index is 12.0. The van der Waals surface area contributed by atoms with Crippen LogP contribution in [-0.2, 0) is 18.9 Å². The van der Waals surface area contributed by atoms with Gasteiger partial charge in [0.1, 0.15) is 6.61 Å². The zero-order chi connectivity index (χ0) is 19.6. The molecule has 0 saturated carbocycles. The number of hydrogen-bond donors (Lipinski definition) is 1. The number of methoxy groups -OCH3 is 2. The maximum Gasteiger partial charge on any atom is 0.407 e. The van der Waals surface area contributed by atoms with E-state index in [2.05, 4.69) is 0 Å². The summed E-state index contributed by atoms with van der Waals surface area (Å²) in [4.78, 5) is 25.0. The third kappa shape index (κ3) is 6.20. The number of piperidine rings is 1. The summed E-state index contributed by atoms with van der Waals surface area (Å²) >= 11 is 0.